The maximum absolute atomic E-state index is 13.1. The summed E-state index contributed by atoms with van der Waals surface area (Å²) in [4.78, 5) is 25.7. The molecule has 33 heavy (non-hydrogen) atoms. The number of ether oxygens (including phenoxy) is 1. The molecule has 0 N–H and O–H groups in total. The summed E-state index contributed by atoms with van der Waals surface area (Å²) in [6, 6.07) is 23.7. The molecular weight excluding hydrogens is 420 g/mol. The van der Waals surface area contributed by atoms with Gasteiger partial charge in [0.2, 0.25) is 0 Å². The van der Waals surface area contributed by atoms with Gasteiger partial charge in [0, 0.05) is 18.7 Å². The fourth-order valence-electron chi connectivity index (χ4n) is 3.89. The molecule has 3 aromatic rings. The van der Waals surface area contributed by atoms with E-state index in [0.717, 1.165) is 11.1 Å². The number of nitrogens with zero attached hydrogens (tertiary/aromatic N) is 4. The highest BCUT2D eigenvalue weighted by Crippen LogP contribution is 2.34. The predicted octanol–water partition coefficient (Wildman–Crippen LogP) is 4.37. The molecule has 8 heteroatoms. The van der Waals surface area contributed by atoms with Gasteiger partial charge in [0.1, 0.15) is 11.9 Å². The maximum atomic E-state index is 13.1. The lowest BCUT2D eigenvalue weighted by Crippen LogP contribution is -2.29. The van der Waals surface area contributed by atoms with Crippen LogP contribution in [0, 0.1) is 10.1 Å². The molecule has 1 fully saturated rings. The topological polar surface area (TPSA) is 88.3 Å². The van der Waals surface area contributed by atoms with Gasteiger partial charge in [0.05, 0.1) is 24.3 Å². The summed E-state index contributed by atoms with van der Waals surface area (Å²) < 4.78 is 5.40. The largest absolute Gasteiger partial charge is 0.497 e. The molecule has 1 aliphatic rings. The van der Waals surface area contributed by atoms with Gasteiger partial charge in [-0.3, -0.25) is 19.8 Å². The molecule has 8 nitrogen and oxygen atoms in total. The van der Waals surface area contributed by atoms with E-state index >= 15 is 0 Å². The Balaban J connectivity index is 1.70. The average molecular weight is 444 g/mol. The molecule has 0 aromatic heterocycles. The van der Waals surface area contributed by atoms with Gasteiger partial charge < -0.3 is 4.74 Å². The molecule has 3 aromatic carbocycles. The molecule has 0 radical (unpaired) electrons. The smallest absolute Gasteiger partial charge is 0.269 e. The molecule has 168 valence electrons. The molecule has 0 spiro atoms. The first-order valence-electron chi connectivity index (χ1n) is 10.5. The average Bonchev–Trinajstić information content (AvgIpc) is 3.13. The first-order chi connectivity index (χ1) is 16.0. The Morgan fingerprint density at radius 3 is 2.48 bits per heavy atom. The molecular formula is C25H24N4O4. The number of carbonyl (C=O) groups is 1. The number of nitro groups is 1. The van der Waals surface area contributed by atoms with Gasteiger partial charge in [-0.25, -0.2) is 5.01 Å². The van der Waals surface area contributed by atoms with Gasteiger partial charge in [-0.2, -0.15) is 5.10 Å². The SMILES string of the molecule is COc1cccc([C@@H]2N(Cc3ccccc3)CC(=O)N2/N=C(/C)c2ccc([N+](=O)[O-])cc2)c1. The third-order valence-electron chi connectivity index (χ3n) is 5.55. The van der Waals surface area contributed by atoms with Crippen LogP contribution in [-0.4, -0.2) is 40.1 Å². The van der Waals surface area contributed by atoms with E-state index in [1.54, 1.807) is 26.2 Å². The normalized spacial score (nSPS) is 16.8. The highest BCUT2D eigenvalue weighted by Gasteiger charge is 2.39. The van der Waals surface area contributed by atoms with Gasteiger partial charge in [0.15, 0.2) is 0 Å². The molecule has 1 atom stereocenters. The van der Waals surface area contributed by atoms with Crippen LogP contribution in [0.4, 0.5) is 5.69 Å². The third kappa shape index (κ3) is 4.91. The number of methoxy groups -OCH3 is 1. The van der Waals surface area contributed by atoms with E-state index in [9.17, 15) is 14.9 Å². The third-order valence-corrected chi connectivity index (χ3v) is 5.55. The van der Waals surface area contributed by atoms with Crippen LogP contribution in [0.1, 0.15) is 29.8 Å². The second-order valence-corrected chi connectivity index (χ2v) is 7.77. The lowest BCUT2D eigenvalue weighted by Gasteiger charge is -2.28. The molecule has 4 rings (SSSR count). The van der Waals surface area contributed by atoms with E-state index in [4.69, 9.17) is 4.74 Å². The Morgan fingerprint density at radius 1 is 1.09 bits per heavy atom. The minimum atomic E-state index is -0.444. The van der Waals surface area contributed by atoms with E-state index in [2.05, 4.69) is 10.0 Å². The second kappa shape index (κ2) is 9.62. The van der Waals surface area contributed by atoms with Crippen LogP contribution in [0.2, 0.25) is 0 Å². The fraction of sp³-hybridized carbons (Fsp3) is 0.200. The van der Waals surface area contributed by atoms with Gasteiger partial charge >= 0.3 is 0 Å². The van der Waals surface area contributed by atoms with Crippen LogP contribution < -0.4 is 4.74 Å². The van der Waals surface area contributed by atoms with Crippen molar-refractivity contribution < 1.29 is 14.5 Å². The van der Waals surface area contributed by atoms with Crippen molar-refractivity contribution >= 4 is 17.3 Å². The monoisotopic (exact) mass is 444 g/mol. The highest BCUT2D eigenvalue weighted by molar-refractivity contribution is 5.99. The summed E-state index contributed by atoms with van der Waals surface area (Å²) in [5, 5.41) is 17.1. The Kier molecular flexibility index (Phi) is 6.46. The van der Waals surface area contributed by atoms with E-state index in [0.29, 0.717) is 23.6 Å². The van der Waals surface area contributed by atoms with Crippen molar-refractivity contribution in [1.29, 1.82) is 0 Å². The van der Waals surface area contributed by atoms with Crippen molar-refractivity contribution in [3.8, 4) is 5.75 Å². The van der Waals surface area contributed by atoms with Crippen LogP contribution in [0.15, 0.2) is 84.0 Å². The van der Waals surface area contributed by atoms with Gasteiger partial charge in [0.25, 0.3) is 11.6 Å². The summed E-state index contributed by atoms with van der Waals surface area (Å²) in [5.74, 6) is 0.572. The maximum Gasteiger partial charge on any atom is 0.269 e. The van der Waals surface area contributed by atoms with E-state index < -0.39 is 11.1 Å². The number of nitro benzene ring substituents is 1. The van der Waals surface area contributed by atoms with Gasteiger partial charge in [-0.15, -0.1) is 0 Å². The fourth-order valence-corrected chi connectivity index (χ4v) is 3.89. The lowest BCUT2D eigenvalue weighted by molar-refractivity contribution is -0.384. The minimum absolute atomic E-state index is 0.00657. The van der Waals surface area contributed by atoms with Crippen molar-refractivity contribution in [3.63, 3.8) is 0 Å². The molecule has 0 saturated carbocycles. The number of hydrazone groups is 1. The van der Waals surface area contributed by atoms with Crippen molar-refractivity contribution in [2.45, 2.75) is 19.6 Å². The first-order valence-corrected chi connectivity index (χ1v) is 10.5. The molecule has 0 bridgehead atoms. The second-order valence-electron chi connectivity index (χ2n) is 7.77. The van der Waals surface area contributed by atoms with E-state index in [-0.39, 0.29) is 18.1 Å². The van der Waals surface area contributed by atoms with Crippen molar-refractivity contribution in [2.24, 2.45) is 5.10 Å². The first kappa shape index (κ1) is 22.2. The molecule has 1 heterocycles. The van der Waals surface area contributed by atoms with Crippen LogP contribution in [-0.2, 0) is 11.3 Å². The number of carbonyl (C=O) groups excluding carboxylic acids is 1. The highest BCUT2D eigenvalue weighted by atomic mass is 16.6. The van der Waals surface area contributed by atoms with Crippen molar-refractivity contribution in [2.75, 3.05) is 13.7 Å². The predicted molar refractivity (Wildman–Crippen MR) is 125 cm³/mol. The summed E-state index contributed by atoms with van der Waals surface area (Å²) in [5.41, 5.74) is 3.28. The lowest BCUT2D eigenvalue weighted by atomic mass is 10.1. The molecule has 0 aliphatic carbocycles. The van der Waals surface area contributed by atoms with Gasteiger partial charge in [-0.1, -0.05) is 42.5 Å². The standard InChI is InChI=1S/C25H24N4O4/c1-18(20-11-13-22(14-12-20)29(31)32)26-28-24(30)17-27(16-19-7-4-3-5-8-19)25(28)21-9-6-10-23(15-21)33-2/h3-15,25H,16-17H2,1-2H3/b26-18-/t25-/m1/s1. The number of hydrogen-bond acceptors (Lipinski definition) is 6. The Bertz CT molecular complexity index is 1180. The number of benzene rings is 3. The van der Waals surface area contributed by atoms with E-state index in [1.165, 1.54) is 17.1 Å². The van der Waals surface area contributed by atoms with Crippen molar-refractivity contribution in [1.82, 2.24) is 9.91 Å². The number of amides is 1. The Hall–Kier alpha value is -4.04. The zero-order chi connectivity index (χ0) is 23.4. The molecule has 0 unspecified atom stereocenters. The molecule has 1 saturated heterocycles. The van der Waals surface area contributed by atoms with Crippen molar-refractivity contribution in [3.05, 3.63) is 106 Å². The summed E-state index contributed by atoms with van der Waals surface area (Å²) >= 11 is 0. The zero-order valence-corrected chi connectivity index (χ0v) is 18.4. The summed E-state index contributed by atoms with van der Waals surface area (Å²) in [7, 11) is 1.61. The van der Waals surface area contributed by atoms with E-state index in [1.807, 2.05) is 54.6 Å². The quantitative estimate of drug-likeness (QED) is 0.307. The molecule has 1 aliphatic heterocycles. The summed E-state index contributed by atoms with van der Waals surface area (Å²) in [6.45, 7) is 2.59. The van der Waals surface area contributed by atoms with Crippen LogP contribution in [0.3, 0.4) is 0 Å². The van der Waals surface area contributed by atoms with Crippen LogP contribution >= 0.6 is 0 Å². The molecule has 1 amide bonds. The zero-order valence-electron chi connectivity index (χ0n) is 18.4. The van der Waals surface area contributed by atoms with Crippen LogP contribution in [0.25, 0.3) is 0 Å². The Morgan fingerprint density at radius 2 is 1.82 bits per heavy atom. The number of hydrogen-bond donors (Lipinski definition) is 0. The number of non-ortho nitro benzene ring substituents is 1. The van der Waals surface area contributed by atoms with Gasteiger partial charge in [-0.05, 0) is 47.9 Å². The Labute approximate surface area is 191 Å². The minimum Gasteiger partial charge on any atom is -0.497 e. The summed E-state index contributed by atoms with van der Waals surface area (Å²) in [6.07, 6.45) is -0.416. The number of rotatable bonds is 7. The van der Waals surface area contributed by atoms with Crippen LogP contribution in [0.5, 0.6) is 5.75 Å².